The Bertz CT molecular complexity index is 462. The Balaban J connectivity index is 1.89. The van der Waals surface area contributed by atoms with Gasteiger partial charge in [-0.15, -0.1) is 0 Å². The Morgan fingerprint density at radius 1 is 1.00 bits per heavy atom. The summed E-state index contributed by atoms with van der Waals surface area (Å²) in [6.45, 7) is 12.3. The zero-order valence-electron chi connectivity index (χ0n) is 13.9. The van der Waals surface area contributed by atoms with E-state index in [2.05, 4.69) is 59.0 Å². The normalized spacial score (nSPS) is 24.5. The number of benzene rings is 1. The van der Waals surface area contributed by atoms with Gasteiger partial charge in [0.2, 0.25) is 0 Å². The van der Waals surface area contributed by atoms with Crippen LogP contribution in [0, 0.1) is 5.92 Å². The average molecular weight is 302 g/mol. The highest BCUT2D eigenvalue weighted by atomic mass is 15.2. The molecule has 0 amide bonds. The first-order valence-corrected chi connectivity index (χ1v) is 8.76. The van der Waals surface area contributed by atoms with Gasteiger partial charge in [-0.25, -0.2) is 0 Å². The summed E-state index contributed by atoms with van der Waals surface area (Å²) in [6, 6.07) is 9.57. The molecule has 2 saturated heterocycles. The van der Waals surface area contributed by atoms with Crippen LogP contribution in [-0.2, 0) is 0 Å². The molecule has 4 heteroatoms. The second-order valence-electron chi connectivity index (χ2n) is 6.83. The number of para-hydroxylation sites is 1. The van der Waals surface area contributed by atoms with Crippen molar-refractivity contribution in [2.75, 3.05) is 50.7 Å². The zero-order valence-corrected chi connectivity index (χ0v) is 13.9. The lowest BCUT2D eigenvalue weighted by Gasteiger charge is -2.38. The van der Waals surface area contributed by atoms with Crippen LogP contribution in [0.25, 0.3) is 0 Å². The number of hydrogen-bond donors (Lipinski definition) is 3. The summed E-state index contributed by atoms with van der Waals surface area (Å²) >= 11 is 0. The van der Waals surface area contributed by atoms with E-state index in [-0.39, 0.29) is 0 Å². The summed E-state index contributed by atoms with van der Waals surface area (Å²) in [5.41, 5.74) is 2.95. The van der Waals surface area contributed by atoms with Crippen LogP contribution in [0.2, 0.25) is 0 Å². The Morgan fingerprint density at radius 3 is 2.45 bits per heavy atom. The summed E-state index contributed by atoms with van der Waals surface area (Å²) in [7, 11) is 0. The third kappa shape index (κ3) is 3.45. The fraction of sp³-hybridized carbons (Fsp3) is 0.667. The molecule has 0 aliphatic carbocycles. The predicted octanol–water partition coefficient (Wildman–Crippen LogP) is 1.40. The smallest absolute Gasteiger partial charge is 0.0403 e. The van der Waals surface area contributed by atoms with Crippen LogP contribution in [0.5, 0.6) is 0 Å². The highest BCUT2D eigenvalue weighted by Crippen LogP contribution is 2.35. The van der Waals surface area contributed by atoms with Crippen LogP contribution in [0.3, 0.4) is 0 Å². The Morgan fingerprint density at radius 2 is 1.77 bits per heavy atom. The van der Waals surface area contributed by atoms with Gasteiger partial charge in [-0.1, -0.05) is 32.0 Å². The fourth-order valence-electron chi connectivity index (χ4n) is 3.93. The minimum absolute atomic E-state index is 0.526. The van der Waals surface area contributed by atoms with Gasteiger partial charge in [0.05, 0.1) is 0 Å². The highest BCUT2D eigenvalue weighted by Gasteiger charge is 2.30. The summed E-state index contributed by atoms with van der Waals surface area (Å²) in [4.78, 5) is 2.55. The maximum atomic E-state index is 3.74. The molecule has 0 spiro atoms. The van der Waals surface area contributed by atoms with Crippen LogP contribution in [0.4, 0.5) is 5.69 Å². The molecule has 22 heavy (non-hydrogen) atoms. The van der Waals surface area contributed by atoms with E-state index in [9.17, 15) is 0 Å². The van der Waals surface area contributed by atoms with Gasteiger partial charge in [-0.2, -0.15) is 0 Å². The van der Waals surface area contributed by atoms with E-state index < -0.39 is 0 Å². The minimum atomic E-state index is 0.526. The molecule has 2 heterocycles. The molecular weight excluding hydrogens is 272 g/mol. The molecule has 2 atom stereocenters. The largest absolute Gasteiger partial charge is 0.369 e. The van der Waals surface area contributed by atoms with E-state index in [1.807, 2.05) is 0 Å². The first-order valence-electron chi connectivity index (χ1n) is 8.76. The second kappa shape index (κ2) is 7.44. The molecule has 122 valence electrons. The molecule has 2 unspecified atom stereocenters. The summed E-state index contributed by atoms with van der Waals surface area (Å²) in [5.74, 6) is 1.18. The molecule has 0 saturated carbocycles. The quantitative estimate of drug-likeness (QED) is 0.786. The van der Waals surface area contributed by atoms with Crippen molar-refractivity contribution in [2.24, 2.45) is 5.92 Å². The first kappa shape index (κ1) is 15.8. The SMILES string of the molecule is CC(C)C(c1ccccc1N1CCNCC1)C1CNCCN1. The number of rotatable bonds is 4. The molecule has 1 aromatic rings. The van der Waals surface area contributed by atoms with Crippen molar-refractivity contribution in [1.82, 2.24) is 16.0 Å². The number of anilines is 1. The van der Waals surface area contributed by atoms with E-state index in [4.69, 9.17) is 0 Å². The molecule has 2 aliphatic rings. The van der Waals surface area contributed by atoms with Crippen molar-refractivity contribution < 1.29 is 0 Å². The number of hydrogen-bond acceptors (Lipinski definition) is 4. The maximum Gasteiger partial charge on any atom is 0.0403 e. The van der Waals surface area contributed by atoms with Gasteiger partial charge in [0.25, 0.3) is 0 Å². The van der Waals surface area contributed by atoms with Crippen LogP contribution in [0.1, 0.15) is 25.3 Å². The van der Waals surface area contributed by atoms with Crippen molar-refractivity contribution in [3.8, 4) is 0 Å². The van der Waals surface area contributed by atoms with Gasteiger partial charge in [0.15, 0.2) is 0 Å². The Labute approximate surface area is 134 Å². The lowest BCUT2D eigenvalue weighted by molar-refractivity contribution is 0.316. The van der Waals surface area contributed by atoms with E-state index in [1.165, 1.54) is 11.3 Å². The number of piperazine rings is 2. The average Bonchev–Trinajstić information content (AvgIpc) is 2.57. The van der Waals surface area contributed by atoms with E-state index in [0.29, 0.717) is 17.9 Å². The van der Waals surface area contributed by atoms with E-state index in [0.717, 1.165) is 45.8 Å². The lowest BCUT2D eigenvalue weighted by atomic mass is 9.80. The topological polar surface area (TPSA) is 39.3 Å². The lowest BCUT2D eigenvalue weighted by Crippen LogP contribution is -2.52. The van der Waals surface area contributed by atoms with Gasteiger partial charge in [-0.05, 0) is 17.5 Å². The van der Waals surface area contributed by atoms with Gasteiger partial charge >= 0.3 is 0 Å². The van der Waals surface area contributed by atoms with Crippen molar-refractivity contribution in [3.05, 3.63) is 29.8 Å². The molecule has 0 bridgehead atoms. The summed E-state index contributed by atoms with van der Waals surface area (Å²) in [6.07, 6.45) is 0. The molecule has 3 rings (SSSR count). The maximum absolute atomic E-state index is 3.74. The van der Waals surface area contributed by atoms with E-state index >= 15 is 0 Å². The van der Waals surface area contributed by atoms with Crippen molar-refractivity contribution in [1.29, 1.82) is 0 Å². The van der Waals surface area contributed by atoms with Crippen LogP contribution in [0.15, 0.2) is 24.3 Å². The fourth-order valence-corrected chi connectivity index (χ4v) is 3.93. The van der Waals surface area contributed by atoms with Gasteiger partial charge in [0, 0.05) is 63.5 Å². The molecule has 4 nitrogen and oxygen atoms in total. The monoisotopic (exact) mass is 302 g/mol. The van der Waals surface area contributed by atoms with Crippen LogP contribution >= 0.6 is 0 Å². The molecule has 3 N–H and O–H groups in total. The Hall–Kier alpha value is -1.10. The predicted molar refractivity (Wildman–Crippen MR) is 93.8 cm³/mol. The molecule has 2 fully saturated rings. The third-order valence-corrected chi connectivity index (χ3v) is 4.98. The minimum Gasteiger partial charge on any atom is -0.369 e. The number of nitrogens with one attached hydrogen (secondary N) is 3. The third-order valence-electron chi connectivity index (χ3n) is 4.98. The molecule has 0 radical (unpaired) electrons. The van der Waals surface area contributed by atoms with Gasteiger partial charge < -0.3 is 20.9 Å². The summed E-state index contributed by atoms with van der Waals surface area (Å²) in [5, 5.41) is 10.7. The van der Waals surface area contributed by atoms with E-state index in [1.54, 1.807) is 0 Å². The van der Waals surface area contributed by atoms with Crippen LogP contribution < -0.4 is 20.9 Å². The van der Waals surface area contributed by atoms with Crippen molar-refractivity contribution in [3.63, 3.8) is 0 Å². The first-order chi connectivity index (χ1) is 10.8. The molecular formula is C18H30N4. The Kier molecular flexibility index (Phi) is 5.34. The van der Waals surface area contributed by atoms with Crippen molar-refractivity contribution >= 4 is 5.69 Å². The van der Waals surface area contributed by atoms with Crippen LogP contribution in [-0.4, -0.2) is 51.9 Å². The van der Waals surface area contributed by atoms with Gasteiger partial charge in [-0.3, -0.25) is 0 Å². The standard InChI is InChI=1S/C18H30N4/c1-14(2)18(16-13-20-7-8-21-16)15-5-3-4-6-17(15)22-11-9-19-10-12-22/h3-6,14,16,18-21H,7-13H2,1-2H3. The van der Waals surface area contributed by atoms with Gasteiger partial charge in [0.1, 0.15) is 0 Å². The molecule has 0 aromatic heterocycles. The molecule has 1 aromatic carbocycles. The molecule has 2 aliphatic heterocycles. The second-order valence-corrected chi connectivity index (χ2v) is 6.83. The summed E-state index contributed by atoms with van der Waals surface area (Å²) < 4.78 is 0. The number of nitrogens with zero attached hydrogens (tertiary/aromatic N) is 1. The zero-order chi connectivity index (χ0) is 15.4. The van der Waals surface area contributed by atoms with Crippen molar-refractivity contribution in [2.45, 2.75) is 25.8 Å². The highest BCUT2D eigenvalue weighted by molar-refractivity contribution is 5.56.